The number of nitrogens with one attached hydrogen (secondary N) is 1. The molecule has 2 heterocycles. The quantitative estimate of drug-likeness (QED) is 0.613. The number of carbonyl (C=O) groups excluding carboxylic acids is 2. The van der Waals surface area contributed by atoms with E-state index in [1.807, 2.05) is 31.4 Å². The van der Waals surface area contributed by atoms with Crippen molar-refractivity contribution in [3.63, 3.8) is 0 Å². The van der Waals surface area contributed by atoms with Crippen molar-refractivity contribution in [3.05, 3.63) is 81.1 Å². The van der Waals surface area contributed by atoms with Gasteiger partial charge in [0.15, 0.2) is 6.61 Å². The number of carbonyl (C=O) groups is 2. The van der Waals surface area contributed by atoms with Gasteiger partial charge in [0.2, 0.25) is 0 Å². The predicted octanol–water partition coefficient (Wildman–Crippen LogP) is 3.83. The highest BCUT2D eigenvalue weighted by atomic mass is 32.1. The molecule has 0 aliphatic rings. The van der Waals surface area contributed by atoms with Crippen molar-refractivity contribution < 1.29 is 18.7 Å². The van der Waals surface area contributed by atoms with Crippen molar-refractivity contribution >= 4 is 23.2 Å². The summed E-state index contributed by atoms with van der Waals surface area (Å²) in [7, 11) is 0. The van der Waals surface area contributed by atoms with Crippen molar-refractivity contribution in [3.8, 4) is 0 Å². The fraction of sp³-hybridized carbons (Fsp3) is 0.238. The lowest BCUT2D eigenvalue weighted by Crippen LogP contribution is -2.28. The molecule has 0 saturated carbocycles. The minimum Gasteiger partial charge on any atom is -0.452 e. The van der Waals surface area contributed by atoms with Gasteiger partial charge in [0.05, 0.1) is 12.1 Å². The van der Waals surface area contributed by atoms with Crippen LogP contribution >= 0.6 is 11.3 Å². The smallest absolute Gasteiger partial charge is 0.340 e. The molecule has 0 spiro atoms. The van der Waals surface area contributed by atoms with Crippen LogP contribution in [0.5, 0.6) is 0 Å². The van der Waals surface area contributed by atoms with Gasteiger partial charge in [-0.05, 0) is 49.1 Å². The second-order valence-electron chi connectivity index (χ2n) is 6.43. The van der Waals surface area contributed by atoms with Crippen LogP contribution in [-0.4, -0.2) is 23.1 Å². The third-order valence-electron chi connectivity index (χ3n) is 4.42. The summed E-state index contributed by atoms with van der Waals surface area (Å²) in [5, 5.41) is 4.66. The van der Waals surface area contributed by atoms with E-state index in [1.54, 1.807) is 29.5 Å². The second-order valence-corrected chi connectivity index (χ2v) is 7.46. The number of amides is 1. The van der Waals surface area contributed by atoms with Crippen molar-refractivity contribution in [2.75, 3.05) is 6.61 Å². The third-order valence-corrected chi connectivity index (χ3v) is 5.29. The van der Waals surface area contributed by atoms with Gasteiger partial charge in [-0.2, -0.15) is 0 Å². The normalized spacial score (nSPS) is 10.7. The summed E-state index contributed by atoms with van der Waals surface area (Å²) in [6, 6.07) is 11.7. The van der Waals surface area contributed by atoms with Crippen LogP contribution in [-0.2, 0) is 22.6 Å². The third kappa shape index (κ3) is 4.86. The molecule has 1 amide bonds. The maximum Gasteiger partial charge on any atom is 0.340 e. The first-order valence-electron chi connectivity index (χ1n) is 8.81. The number of aromatic nitrogens is 1. The molecular weight excluding hydrogens is 379 g/mol. The summed E-state index contributed by atoms with van der Waals surface area (Å²) in [6.07, 6.45) is 0. The van der Waals surface area contributed by atoms with Crippen molar-refractivity contribution in [2.45, 2.75) is 26.9 Å². The Hall–Kier alpha value is -2.93. The van der Waals surface area contributed by atoms with Crippen LogP contribution in [0.25, 0.3) is 0 Å². The highest BCUT2D eigenvalue weighted by molar-refractivity contribution is 7.09. The fourth-order valence-corrected chi connectivity index (χ4v) is 3.56. The van der Waals surface area contributed by atoms with Crippen LogP contribution in [0, 0.1) is 19.7 Å². The first kappa shape index (κ1) is 19.8. The SMILES string of the molecule is Cc1cc(C(=O)OCC(=O)NCc2ccc(F)cc2)c(C)n1Cc1cccs1. The van der Waals surface area contributed by atoms with E-state index in [0.717, 1.165) is 17.0 Å². The Balaban J connectivity index is 1.54. The largest absolute Gasteiger partial charge is 0.452 e. The minimum absolute atomic E-state index is 0.242. The molecule has 0 fully saturated rings. The number of hydrogen-bond donors (Lipinski definition) is 1. The topological polar surface area (TPSA) is 60.3 Å². The molecule has 146 valence electrons. The number of hydrogen-bond acceptors (Lipinski definition) is 4. The summed E-state index contributed by atoms with van der Waals surface area (Å²) in [4.78, 5) is 25.5. The van der Waals surface area contributed by atoms with Crippen LogP contribution in [0.15, 0.2) is 47.8 Å². The zero-order valence-electron chi connectivity index (χ0n) is 15.7. The van der Waals surface area contributed by atoms with Crippen LogP contribution in [0.1, 0.15) is 32.2 Å². The Morgan fingerprint density at radius 2 is 1.93 bits per heavy atom. The molecule has 28 heavy (non-hydrogen) atoms. The zero-order chi connectivity index (χ0) is 20.1. The van der Waals surface area contributed by atoms with E-state index in [1.165, 1.54) is 17.0 Å². The molecule has 0 radical (unpaired) electrons. The van der Waals surface area contributed by atoms with E-state index in [4.69, 9.17) is 4.74 Å². The fourth-order valence-electron chi connectivity index (χ4n) is 2.87. The Morgan fingerprint density at radius 1 is 1.18 bits per heavy atom. The highest BCUT2D eigenvalue weighted by Crippen LogP contribution is 2.20. The van der Waals surface area contributed by atoms with Gasteiger partial charge >= 0.3 is 5.97 Å². The molecule has 0 atom stereocenters. The number of ether oxygens (including phenoxy) is 1. The van der Waals surface area contributed by atoms with E-state index in [9.17, 15) is 14.0 Å². The maximum absolute atomic E-state index is 12.9. The number of aryl methyl sites for hydroxylation is 1. The minimum atomic E-state index is -0.525. The predicted molar refractivity (Wildman–Crippen MR) is 106 cm³/mol. The lowest BCUT2D eigenvalue weighted by Gasteiger charge is -2.09. The van der Waals surface area contributed by atoms with E-state index >= 15 is 0 Å². The molecule has 0 unspecified atom stereocenters. The average molecular weight is 400 g/mol. The molecule has 0 bridgehead atoms. The van der Waals surface area contributed by atoms with Gasteiger partial charge < -0.3 is 14.6 Å². The van der Waals surface area contributed by atoms with Crippen LogP contribution in [0.4, 0.5) is 4.39 Å². The lowest BCUT2D eigenvalue weighted by atomic mass is 10.2. The average Bonchev–Trinajstić information content (AvgIpc) is 3.29. The first-order valence-corrected chi connectivity index (χ1v) is 9.69. The summed E-state index contributed by atoms with van der Waals surface area (Å²) in [5.74, 6) is -1.27. The molecule has 3 rings (SSSR count). The summed E-state index contributed by atoms with van der Waals surface area (Å²) < 4.78 is 20.1. The van der Waals surface area contributed by atoms with E-state index in [0.29, 0.717) is 12.1 Å². The number of rotatable bonds is 7. The molecule has 0 saturated heterocycles. The molecule has 5 nitrogen and oxygen atoms in total. The van der Waals surface area contributed by atoms with E-state index in [-0.39, 0.29) is 19.0 Å². The molecule has 1 aromatic carbocycles. The highest BCUT2D eigenvalue weighted by Gasteiger charge is 2.18. The maximum atomic E-state index is 12.9. The van der Waals surface area contributed by atoms with Gasteiger partial charge in [-0.1, -0.05) is 18.2 Å². The molecule has 1 N–H and O–H groups in total. The van der Waals surface area contributed by atoms with Crippen molar-refractivity contribution in [2.24, 2.45) is 0 Å². The van der Waals surface area contributed by atoms with Gasteiger partial charge in [0.25, 0.3) is 5.91 Å². The zero-order valence-corrected chi connectivity index (χ0v) is 16.5. The summed E-state index contributed by atoms with van der Waals surface area (Å²) in [5.41, 5.74) is 2.99. The standard InChI is InChI=1S/C21H21FN2O3S/c1-14-10-19(15(2)24(14)12-18-4-3-9-28-18)21(26)27-13-20(25)23-11-16-5-7-17(22)8-6-16/h3-10H,11-13H2,1-2H3,(H,23,25). The Morgan fingerprint density at radius 3 is 2.61 bits per heavy atom. The molecule has 7 heteroatoms. The molecular formula is C21H21FN2O3S. The summed E-state index contributed by atoms with van der Waals surface area (Å²) >= 11 is 1.66. The van der Waals surface area contributed by atoms with E-state index in [2.05, 4.69) is 9.88 Å². The number of thiophene rings is 1. The second kappa shape index (κ2) is 8.84. The molecule has 2 aromatic heterocycles. The van der Waals surface area contributed by atoms with Gasteiger partial charge in [-0.25, -0.2) is 9.18 Å². The van der Waals surface area contributed by atoms with Crippen LogP contribution in [0.2, 0.25) is 0 Å². The Kier molecular flexibility index (Phi) is 6.26. The van der Waals surface area contributed by atoms with Crippen LogP contribution < -0.4 is 5.32 Å². The monoisotopic (exact) mass is 400 g/mol. The number of benzene rings is 1. The first-order chi connectivity index (χ1) is 13.4. The van der Waals surface area contributed by atoms with Crippen molar-refractivity contribution in [1.82, 2.24) is 9.88 Å². The molecule has 3 aromatic rings. The number of nitrogens with zero attached hydrogens (tertiary/aromatic N) is 1. The molecule has 0 aliphatic heterocycles. The Bertz CT molecular complexity index is 962. The van der Waals surface area contributed by atoms with Gasteiger partial charge in [-0.15, -0.1) is 11.3 Å². The lowest BCUT2D eigenvalue weighted by molar-refractivity contribution is -0.124. The molecule has 0 aliphatic carbocycles. The van der Waals surface area contributed by atoms with Gasteiger partial charge in [-0.3, -0.25) is 4.79 Å². The van der Waals surface area contributed by atoms with Gasteiger partial charge in [0, 0.05) is 22.8 Å². The van der Waals surface area contributed by atoms with Gasteiger partial charge in [0.1, 0.15) is 5.82 Å². The van der Waals surface area contributed by atoms with E-state index < -0.39 is 11.9 Å². The van der Waals surface area contributed by atoms with Crippen molar-refractivity contribution in [1.29, 1.82) is 0 Å². The summed E-state index contributed by atoms with van der Waals surface area (Å²) in [6.45, 7) is 4.37. The number of halogens is 1. The Labute approximate surface area is 166 Å². The number of esters is 1. The van der Waals surface area contributed by atoms with Crippen LogP contribution in [0.3, 0.4) is 0 Å².